The Kier molecular flexibility index (Phi) is 4.77. The van der Waals surface area contributed by atoms with Crippen LogP contribution >= 0.6 is 15.9 Å². The predicted octanol–water partition coefficient (Wildman–Crippen LogP) is 3.53. The van der Waals surface area contributed by atoms with Gasteiger partial charge in [0.05, 0.1) is 4.92 Å². The van der Waals surface area contributed by atoms with Crippen molar-refractivity contribution in [1.82, 2.24) is 0 Å². The Balaban J connectivity index is 2.14. The largest absolute Gasteiger partial charge is 0.489 e. The quantitative estimate of drug-likeness (QED) is 0.488. The van der Waals surface area contributed by atoms with E-state index in [9.17, 15) is 10.1 Å². The van der Waals surface area contributed by atoms with Crippen LogP contribution in [0.2, 0.25) is 0 Å². The third kappa shape index (κ3) is 3.71. The van der Waals surface area contributed by atoms with E-state index < -0.39 is 4.92 Å². The highest BCUT2D eigenvalue weighted by Crippen LogP contribution is 2.26. The summed E-state index contributed by atoms with van der Waals surface area (Å²) in [7, 11) is 0. The second-order valence-corrected chi connectivity index (χ2v) is 5.31. The molecule has 0 fully saturated rings. The van der Waals surface area contributed by atoms with E-state index in [1.54, 1.807) is 12.1 Å². The molecule has 2 rings (SSSR count). The molecule has 6 nitrogen and oxygen atoms in total. The van der Waals surface area contributed by atoms with Crippen LogP contribution in [0.25, 0.3) is 0 Å². The first kappa shape index (κ1) is 15.3. The molecule has 110 valence electrons. The van der Waals surface area contributed by atoms with Crippen molar-refractivity contribution in [3.05, 3.63) is 62.1 Å². The van der Waals surface area contributed by atoms with Crippen LogP contribution in [0.5, 0.6) is 5.75 Å². The Morgan fingerprint density at radius 3 is 2.71 bits per heavy atom. The predicted molar refractivity (Wildman–Crippen MR) is 84.1 cm³/mol. The molecule has 0 aromatic heterocycles. The van der Waals surface area contributed by atoms with Crippen molar-refractivity contribution in [1.29, 1.82) is 0 Å². The number of nitrogen functional groups attached to an aromatic ring is 1. The summed E-state index contributed by atoms with van der Waals surface area (Å²) in [6, 6.07) is 10.4. The first-order chi connectivity index (χ1) is 10.0. The molecule has 3 N–H and O–H groups in total. The second-order valence-electron chi connectivity index (χ2n) is 4.45. The maximum absolute atomic E-state index is 11.0. The van der Waals surface area contributed by atoms with Crippen molar-refractivity contribution >= 4 is 27.3 Å². The molecule has 2 aromatic carbocycles. The van der Waals surface area contributed by atoms with E-state index in [4.69, 9.17) is 10.6 Å². The van der Waals surface area contributed by atoms with E-state index in [-0.39, 0.29) is 18.0 Å². The molecule has 0 bridgehead atoms. The Labute approximate surface area is 130 Å². The minimum atomic E-state index is -0.484. The maximum atomic E-state index is 11.0. The molecular formula is C14H14BrN3O3. The van der Waals surface area contributed by atoms with Gasteiger partial charge in [0.15, 0.2) is 0 Å². The van der Waals surface area contributed by atoms with Crippen LogP contribution < -0.4 is 16.0 Å². The summed E-state index contributed by atoms with van der Waals surface area (Å²) in [5, 5.41) is 11.0. The van der Waals surface area contributed by atoms with Crippen molar-refractivity contribution in [2.24, 2.45) is 5.84 Å². The Morgan fingerprint density at radius 1 is 1.33 bits per heavy atom. The molecule has 7 heteroatoms. The Hall–Kier alpha value is -2.12. The maximum Gasteiger partial charge on any atom is 0.294 e. The fourth-order valence-corrected chi connectivity index (χ4v) is 2.06. The number of hydrogen-bond donors (Lipinski definition) is 2. The summed E-state index contributed by atoms with van der Waals surface area (Å²) in [6.45, 7) is 2.20. The molecule has 0 amide bonds. The van der Waals surface area contributed by atoms with Gasteiger partial charge in [-0.3, -0.25) is 16.0 Å². The zero-order valence-electron chi connectivity index (χ0n) is 11.3. The van der Waals surface area contributed by atoms with Crippen molar-refractivity contribution in [3.63, 3.8) is 0 Å². The van der Waals surface area contributed by atoms with Gasteiger partial charge in [-0.2, -0.15) is 0 Å². The van der Waals surface area contributed by atoms with Crippen LogP contribution in [0, 0.1) is 17.0 Å². The van der Waals surface area contributed by atoms with Crippen LogP contribution in [-0.2, 0) is 6.61 Å². The molecule has 0 aliphatic carbocycles. The fraction of sp³-hybridized carbons (Fsp3) is 0.143. The summed E-state index contributed by atoms with van der Waals surface area (Å²) in [5.74, 6) is 5.95. The molecule has 21 heavy (non-hydrogen) atoms. The van der Waals surface area contributed by atoms with Crippen molar-refractivity contribution in [3.8, 4) is 5.75 Å². The molecule has 0 unspecified atom stereocenters. The van der Waals surface area contributed by atoms with Gasteiger partial charge in [0.2, 0.25) is 0 Å². The normalized spacial score (nSPS) is 10.2. The van der Waals surface area contributed by atoms with Gasteiger partial charge in [0, 0.05) is 10.5 Å². The summed E-state index contributed by atoms with van der Waals surface area (Å²) < 4.78 is 6.64. The first-order valence-electron chi connectivity index (χ1n) is 6.14. The van der Waals surface area contributed by atoms with Gasteiger partial charge in [0.25, 0.3) is 5.69 Å². The average molecular weight is 352 g/mol. The highest BCUT2D eigenvalue weighted by Gasteiger charge is 2.13. The van der Waals surface area contributed by atoms with E-state index in [2.05, 4.69) is 21.4 Å². The molecule has 0 spiro atoms. The molecule has 2 aromatic rings. The third-order valence-corrected chi connectivity index (χ3v) is 3.84. The van der Waals surface area contributed by atoms with Crippen LogP contribution in [-0.4, -0.2) is 4.92 Å². The number of hydrazine groups is 1. The minimum Gasteiger partial charge on any atom is -0.489 e. The number of benzene rings is 2. The van der Waals surface area contributed by atoms with E-state index in [1.807, 2.05) is 25.1 Å². The van der Waals surface area contributed by atoms with E-state index in [1.165, 1.54) is 6.07 Å². The molecule has 0 aliphatic heterocycles. The average Bonchev–Trinajstić information content (AvgIpc) is 2.48. The molecular weight excluding hydrogens is 338 g/mol. The Bertz CT molecular complexity index is 677. The lowest BCUT2D eigenvalue weighted by atomic mass is 10.2. The lowest BCUT2D eigenvalue weighted by molar-refractivity contribution is -0.384. The number of nitrogens with two attached hydrogens (primary N) is 1. The number of nitro benzene ring substituents is 1. The minimum absolute atomic E-state index is 0.0782. The zero-order chi connectivity index (χ0) is 15.4. The summed E-state index contributed by atoms with van der Waals surface area (Å²) in [6.07, 6.45) is 0. The highest BCUT2D eigenvalue weighted by atomic mass is 79.9. The number of aryl methyl sites for hydroxylation is 1. The number of nitro groups is 1. The van der Waals surface area contributed by atoms with Crippen LogP contribution in [0.1, 0.15) is 11.1 Å². The molecule has 0 atom stereocenters. The number of anilines is 1. The van der Waals surface area contributed by atoms with Gasteiger partial charge < -0.3 is 10.2 Å². The third-order valence-electron chi connectivity index (χ3n) is 2.95. The van der Waals surface area contributed by atoms with Crippen molar-refractivity contribution < 1.29 is 9.66 Å². The SMILES string of the molecule is Cc1cc(OCc2ccc(NN)c([N+](=O)[O-])c2)ccc1Br. The molecule has 0 aliphatic rings. The van der Waals surface area contributed by atoms with Crippen LogP contribution in [0.3, 0.4) is 0 Å². The van der Waals surface area contributed by atoms with Gasteiger partial charge in [0.1, 0.15) is 18.0 Å². The van der Waals surface area contributed by atoms with Gasteiger partial charge >= 0.3 is 0 Å². The monoisotopic (exact) mass is 351 g/mol. The number of nitrogens with zero attached hydrogens (tertiary/aromatic N) is 1. The topological polar surface area (TPSA) is 90.4 Å². The number of ether oxygens (including phenoxy) is 1. The molecule has 0 saturated heterocycles. The number of rotatable bonds is 5. The second kappa shape index (κ2) is 6.55. The van der Waals surface area contributed by atoms with Gasteiger partial charge in [-0.15, -0.1) is 0 Å². The highest BCUT2D eigenvalue weighted by molar-refractivity contribution is 9.10. The van der Waals surface area contributed by atoms with E-state index in [0.717, 1.165) is 10.0 Å². The van der Waals surface area contributed by atoms with E-state index >= 15 is 0 Å². The van der Waals surface area contributed by atoms with Gasteiger partial charge in [-0.05, 0) is 42.3 Å². The first-order valence-corrected chi connectivity index (χ1v) is 6.93. The van der Waals surface area contributed by atoms with Crippen molar-refractivity contribution in [2.75, 3.05) is 5.43 Å². The fourth-order valence-electron chi connectivity index (χ4n) is 1.81. The lowest BCUT2D eigenvalue weighted by Gasteiger charge is -2.09. The summed E-state index contributed by atoms with van der Waals surface area (Å²) in [4.78, 5) is 10.5. The number of nitrogens with one attached hydrogen (secondary N) is 1. The summed E-state index contributed by atoms with van der Waals surface area (Å²) >= 11 is 3.42. The summed E-state index contributed by atoms with van der Waals surface area (Å²) in [5.41, 5.74) is 4.24. The smallest absolute Gasteiger partial charge is 0.294 e. The zero-order valence-corrected chi connectivity index (χ0v) is 12.9. The molecule has 0 radical (unpaired) electrons. The number of halogens is 1. The van der Waals surface area contributed by atoms with Crippen molar-refractivity contribution in [2.45, 2.75) is 13.5 Å². The molecule has 0 saturated carbocycles. The lowest BCUT2D eigenvalue weighted by Crippen LogP contribution is -2.09. The van der Waals surface area contributed by atoms with Gasteiger partial charge in [-0.25, -0.2) is 0 Å². The number of hydrogen-bond acceptors (Lipinski definition) is 5. The van der Waals surface area contributed by atoms with Crippen LogP contribution in [0.4, 0.5) is 11.4 Å². The van der Waals surface area contributed by atoms with E-state index in [0.29, 0.717) is 11.3 Å². The standard InChI is InChI=1S/C14H14BrN3O3/c1-9-6-11(3-4-12(9)15)21-8-10-2-5-13(17-16)14(7-10)18(19)20/h2-7,17H,8,16H2,1H3. The Morgan fingerprint density at radius 2 is 2.10 bits per heavy atom. The van der Waals surface area contributed by atoms with Gasteiger partial charge in [-0.1, -0.05) is 22.0 Å². The van der Waals surface area contributed by atoms with Crippen LogP contribution in [0.15, 0.2) is 40.9 Å². The molecule has 0 heterocycles.